The van der Waals surface area contributed by atoms with Crippen molar-refractivity contribution in [3.8, 4) is 0 Å². The standard InChI is InChI=1S/C14H13FN2O2/c1-19-14(18)11-3-2-4-12(16)13(11)17-10-7-5-9(15)6-8-10/h2-8,17H,16H2,1H3. The molecular formula is C14H13FN2O2. The van der Waals surface area contributed by atoms with Gasteiger partial charge >= 0.3 is 5.97 Å². The Morgan fingerprint density at radius 2 is 1.89 bits per heavy atom. The van der Waals surface area contributed by atoms with Gasteiger partial charge in [-0.2, -0.15) is 0 Å². The molecule has 2 rings (SSSR count). The maximum absolute atomic E-state index is 12.8. The second kappa shape index (κ2) is 5.39. The van der Waals surface area contributed by atoms with Crippen molar-refractivity contribution < 1.29 is 13.9 Å². The summed E-state index contributed by atoms with van der Waals surface area (Å²) in [6.07, 6.45) is 0. The Morgan fingerprint density at radius 1 is 1.21 bits per heavy atom. The molecule has 5 heteroatoms. The molecule has 0 spiro atoms. The smallest absolute Gasteiger partial charge is 0.340 e. The normalized spacial score (nSPS) is 10.0. The van der Waals surface area contributed by atoms with Crippen LogP contribution < -0.4 is 11.1 Å². The number of hydrogen-bond donors (Lipinski definition) is 2. The lowest BCUT2D eigenvalue weighted by molar-refractivity contribution is 0.0602. The molecule has 0 saturated heterocycles. The zero-order chi connectivity index (χ0) is 13.8. The van der Waals surface area contributed by atoms with Crippen LogP contribution in [0.3, 0.4) is 0 Å². The average Bonchev–Trinajstić information content (AvgIpc) is 2.42. The van der Waals surface area contributed by atoms with Crippen LogP contribution in [0.5, 0.6) is 0 Å². The number of methoxy groups -OCH3 is 1. The number of para-hydroxylation sites is 1. The Bertz CT molecular complexity index is 597. The second-order valence-corrected chi connectivity index (χ2v) is 3.89. The average molecular weight is 260 g/mol. The van der Waals surface area contributed by atoms with Crippen LogP contribution in [-0.4, -0.2) is 13.1 Å². The van der Waals surface area contributed by atoms with Crippen LogP contribution in [0.1, 0.15) is 10.4 Å². The van der Waals surface area contributed by atoms with Crippen molar-refractivity contribution in [3.63, 3.8) is 0 Å². The van der Waals surface area contributed by atoms with E-state index in [0.29, 0.717) is 22.6 Å². The van der Waals surface area contributed by atoms with Gasteiger partial charge in [0.05, 0.1) is 24.0 Å². The van der Waals surface area contributed by atoms with Crippen molar-refractivity contribution in [1.82, 2.24) is 0 Å². The van der Waals surface area contributed by atoms with Crippen molar-refractivity contribution in [2.24, 2.45) is 0 Å². The fourth-order valence-electron chi connectivity index (χ4n) is 1.67. The number of halogens is 1. The molecule has 0 aliphatic carbocycles. The number of anilines is 3. The number of nitrogens with one attached hydrogen (secondary N) is 1. The summed E-state index contributed by atoms with van der Waals surface area (Å²) >= 11 is 0. The maximum Gasteiger partial charge on any atom is 0.340 e. The highest BCUT2D eigenvalue weighted by Crippen LogP contribution is 2.27. The molecule has 0 heterocycles. The van der Waals surface area contributed by atoms with E-state index >= 15 is 0 Å². The molecule has 4 nitrogen and oxygen atoms in total. The first-order valence-electron chi connectivity index (χ1n) is 5.61. The summed E-state index contributed by atoms with van der Waals surface area (Å²) in [5.74, 6) is -0.823. The van der Waals surface area contributed by atoms with Crippen LogP contribution in [0.4, 0.5) is 21.5 Å². The molecule has 19 heavy (non-hydrogen) atoms. The number of benzene rings is 2. The number of carbonyl (C=O) groups is 1. The Labute approximate surface area is 110 Å². The highest BCUT2D eigenvalue weighted by Gasteiger charge is 2.14. The summed E-state index contributed by atoms with van der Waals surface area (Å²) in [4.78, 5) is 11.7. The van der Waals surface area contributed by atoms with E-state index in [1.165, 1.54) is 19.2 Å². The van der Waals surface area contributed by atoms with Gasteiger partial charge in [-0.15, -0.1) is 0 Å². The highest BCUT2D eigenvalue weighted by atomic mass is 19.1. The monoisotopic (exact) mass is 260 g/mol. The van der Waals surface area contributed by atoms with Crippen molar-refractivity contribution in [2.75, 3.05) is 18.2 Å². The van der Waals surface area contributed by atoms with E-state index in [2.05, 4.69) is 5.32 Å². The minimum absolute atomic E-state index is 0.326. The Morgan fingerprint density at radius 3 is 2.53 bits per heavy atom. The molecule has 3 N–H and O–H groups in total. The molecule has 0 amide bonds. The molecule has 0 fully saturated rings. The van der Waals surface area contributed by atoms with Gasteiger partial charge in [0.2, 0.25) is 0 Å². The molecule has 0 aliphatic heterocycles. The van der Waals surface area contributed by atoms with E-state index in [1.54, 1.807) is 30.3 Å². The first kappa shape index (κ1) is 12.9. The fourth-order valence-corrected chi connectivity index (χ4v) is 1.67. The van der Waals surface area contributed by atoms with E-state index in [1.807, 2.05) is 0 Å². The van der Waals surface area contributed by atoms with Gasteiger partial charge in [-0.3, -0.25) is 0 Å². The van der Waals surface area contributed by atoms with Gasteiger partial charge in [0.15, 0.2) is 0 Å². The van der Waals surface area contributed by atoms with Crippen molar-refractivity contribution >= 4 is 23.0 Å². The lowest BCUT2D eigenvalue weighted by atomic mass is 10.1. The van der Waals surface area contributed by atoms with Crippen LogP contribution in [-0.2, 0) is 4.74 Å². The van der Waals surface area contributed by atoms with Gasteiger partial charge in [0.25, 0.3) is 0 Å². The summed E-state index contributed by atoms with van der Waals surface area (Å²) in [6, 6.07) is 10.7. The summed E-state index contributed by atoms with van der Waals surface area (Å²) in [6.45, 7) is 0. The third-order valence-corrected chi connectivity index (χ3v) is 2.62. The minimum atomic E-state index is -0.489. The van der Waals surface area contributed by atoms with Gasteiger partial charge in [-0.25, -0.2) is 9.18 Å². The van der Waals surface area contributed by atoms with Crippen molar-refractivity contribution in [3.05, 3.63) is 53.8 Å². The van der Waals surface area contributed by atoms with E-state index in [4.69, 9.17) is 10.5 Å². The van der Waals surface area contributed by atoms with E-state index in [9.17, 15) is 9.18 Å². The fraction of sp³-hybridized carbons (Fsp3) is 0.0714. The van der Waals surface area contributed by atoms with Crippen molar-refractivity contribution in [2.45, 2.75) is 0 Å². The van der Waals surface area contributed by atoms with Crippen molar-refractivity contribution in [1.29, 1.82) is 0 Å². The Balaban J connectivity index is 2.38. The largest absolute Gasteiger partial charge is 0.465 e. The van der Waals surface area contributed by atoms with E-state index < -0.39 is 5.97 Å². The lowest BCUT2D eigenvalue weighted by Crippen LogP contribution is -2.07. The van der Waals surface area contributed by atoms with Crippen LogP contribution in [0, 0.1) is 5.82 Å². The zero-order valence-electron chi connectivity index (χ0n) is 10.3. The van der Waals surface area contributed by atoms with Gasteiger partial charge in [-0.1, -0.05) is 6.07 Å². The predicted octanol–water partition coefficient (Wildman–Crippen LogP) is 2.94. The molecular weight excluding hydrogens is 247 g/mol. The molecule has 0 aliphatic rings. The van der Waals surface area contributed by atoms with Crippen LogP contribution in [0.15, 0.2) is 42.5 Å². The number of hydrogen-bond acceptors (Lipinski definition) is 4. The molecule has 0 unspecified atom stereocenters. The molecule has 0 bridgehead atoms. The van der Waals surface area contributed by atoms with Crippen LogP contribution in [0.25, 0.3) is 0 Å². The summed E-state index contributed by atoms with van der Waals surface area (Å²) < 4.78 is 17.5. The molecule has 98 valence electrons. The lowest BCUT2D eigenvalue weighted by Gasteiger charge is -2.13. The van der Waals surface area contributed by atoms with E-state index in [0.717, 1.165) is 0 Å². The summed E-state index contributed by atoms with van der Waals surface area (Å²) in [7, 11) is 1.30. The van der Waals surface area contributed by atoms with Crippen LogP contribution >= 0.6 is 0 Å². The summed E-state index contributed by atoms with van der Waals surface area (Å²) in [5.41, 5.74) is 7.66. The third-order valence-electron chi connectivity index (χ3n) is 2.62. The third kappa shape index (κ3) is 2.82. The molecule has 2 aromatic rings. The maximum atomic E-state index is 12.8. The quantitative estimate of drug-likeness (QED) is 0.658. The number of esters is 1. The SMILES string of the molecule is COC(=O)c1cccc(N)c1Nc1ccc(F)cc1. The topological polar surface area (TPSA) is 64.3 Å². The number of nitrogens with two attached hydrogens (primary N) is 1. The van der Waals surface area contributed by atoms with Gasteiger partial charge in [0.1, 0.15) is 5.82 Å². The molecule has 0 radical (unpaired) electrons. The predicted molar refractivity (Wildman–Crippen MR) is 71.9 cm³/mol. The molecule has 0 aromatic heterocycles. The second-order valence-electron chi connectivity index (χ2n) is 3.89. The first-order valence-corrected chi connectivity index (χ1v) is 5.61. The van der Waals surface area contributed by atoms with Gasteiger partial charge < -0.3 is 15.8 Å². The molecule has 0 atom stereocenters. The number of carbonyl (C=O) groups excluding carboxylic acids is 1. The number of nitrogen functional groups attached to an aromatic ring is 1. The van der Waals surface area contributed by atoms with Crippen LogP contribution in [0.2, 0.25) is 0 Å². The van der Waals surface area contributed by atoms with Gasteiger partial charge in [0, 0.05) is 5.69 Å². The van der Waals surface area contributed by atoms with Gasteiger partial charge in [-0.05, 0) is 36.4 Å². The summed E-state index contributed by atoms with van der Waals surface area (Å²) in [5, 5.41) is 2.99. The Kier molecular flexibility index (Phi) is 3.66. The first-order chi connectivity index (χ1) is 9.11. The minimum Gasteiger partial charge on any atom is -0.465 e. The number of rotatable bonds is 3. The highest BCUT2D eigenvalue weighted by molar-refractivity contribution is 5.99. The number of ether oxygens (including phenoxy) is 1. The molecule has 2 aromatic carbocycles. The van der Waals surface area contributed by atoms with E-state index in [-0.39, 0.29) is 5.82 Å². The Hall–Kier alpha value is -2.56. The molecule has 0 saturated carbocycles. The zero-order valence-corrected chi connectivity index (χ0v) is 10.3.